The molecule has 0 bridgehead atoms. The summed E-state index contributed by atoms with van der Waals surface area (Å²) in [5, 5.41) is 2.09. The molecule has 6 nitrogen and oxygen atoms in total. The van der Waals surface area contributed by atoms with Crippen LogP contribution in [0.1, 0.15) is 0 Å². The van der Waals surface area contributed by atoms with Gasteiger partial charge in [0.1, 0.15) is 0 Å². The van der Waals surface area contributed by atoms with E-state index < -0.39 is 0 Å². The third-order valence-corrected chi connectivity index (χ3v) is 3.98. The summed E-state index contributed by atoms with van der Waals surface area (Å²) in [6, 6.07) is 7.86. The molecule has 3 aromatic rings. The number of benzene rings is 1. The molecule has 0 amide bonds. The van der Waals surface area contributed by atoms with Gasteiger partial charge in [0, 0.05) is 21.5 Å². The van der Waals surface area contributed by atoms with E-state index in [-0.39, 0.29) is 12.0 Å². The van der Waals surface area contributed by atoms with Gasteiger partial charge >= 0.3 is 12.0 Å². The summed E-state index contributed by atoms with van der Waals surface area (Å²) in [7, 11) is 2.99. The number of aromatic nitrogens is 4. The molecule has 0 aliphatic carbocycles. The Bertz CT molecular complexity index is 809. The van der Waals surface area contributed by atoms with Gasteiger partial charge in [-0.05, 0) is 30.0 Å². The van der Waals surface area contributed by atoms with Gasteiger partial charge in [-0.1, -0.05) is 17.7 Å². The van der Waals surface area contributed by atoms with Crippen LogP contribution in [0, 0.1) is 0 Å². The van der Waals surface area contributed by atoms with Crippen molar-refractivity contribution in [2.45, 2.75) is 10.1 Å². The highest BCUT2D eigenvalue weighted by Crippen LogP contribution is 2.32. The van der Waals surface area contributed by atoms with Gasteiger partial charge in [0.15, 0.2) is 0 Å². The number of ether oxygens (including phenoxy) is 2. The summed E-state index contributed by atoms with van der Waals surface area (Å²) >= 11 is 7.37. The molecule has 22 heavy (non-hydrogen) atoms. The molecule has 0 radical (unpaired) electrons. The molecule has 0 fully saturated rings. The van der Waals surface area contributed by atoms with Gasteiger partial charge in [0.05, 0.1) is 19.7 Å². The van der Waals surface area contributed by atoms with Crippen molar-refractivity contribution in [3.63, 3.8) is 0 Å². The molecule has 1 aromatic carbocycles. The third kappa shape index (κ3) is 3.05. The van der Waals surface area contributed by atoms with Crippen LogP contribution in [0.4, 0.5) is 0 Å². The average molecular weight is 335 g/mol. The lowest BCUT2D eigenvalue weighted by Crippen LogP contribution is -2.00. The maximum atomic E-state index is 6.00. The Morgan fingerprint density at radius 1 is 1.00 bits per heavy atom. The topological polar surface area (TPSA) is 70.0 Å². The normalized spacial score (nSPS) is 10.7. The number of pyridine rings is 1. The lowest BCUT2D eigenvalue weighted by Gasteiger charge is -2.07. The highest BCUT2D eigenvalue weighted by atomic mass is 35.5. The predicted molar refractivity (Wildman–Crippen MR) is 83.8 cm³/mol. The van der Waals surface area contributed by atoms with Gasteiger partial charge in [0.25, 0.3) is 0 Å². The van der Waals surface area contributed by atoms with Crippen LogP contribution in [0.25, 0.3) is 10.9 Å². The number of hydrogen-bond donors (Lipinski definition) is 0. The molecule has 2 heterocycles. The van der Waals surface area contributed by atoms with Crippen molar-refractivity contribution in [2.24, 2.45) is 0 Å². The van der Waals surface area contributed by atoms with Gasteiger partial charge in [0.2, 0.25) is 5.16 Å². The minimum absolute atomic E-state index is 0.204. The Morgan fingerprint density at radius 2 is 1.73 bits per heavy atom. The number of hydrogen-bond acceptors (Lipinski definition) is 7. The smallest absolute Gasteiger partial charge is 0.323 e. The first-order valence-electron chi connectivity index (χ1n) is 6.26. The van der Waals surface area contributed by atoms with Gasteiger partial charge in [-0.15, -0.1) is 4.98 Å². The minimum atomic E-state index is 0.204. The van der Waals surface area contributed by atoms with Crippen LogP contribution in [0.3, 0.4) is 0 Å². The first kappa shape index (κ1) is 14.8. The van der Waals surface area contributed by atoms with Crippen molar-refractivity contribution in [3.8, 4) is 12.0 Å². The van der Waals surface area contributed by atoms with E-state index in [1.165, 1.54) is 26.0 Å². The zero-order chi connectivity index (χ0) is 15.5. The maximum Gasteiger partial charge on any atom is 0.323 e. The zero-order valence-electron chi connectivity index (χ0n) is 11.8. The van der Waals surface area contributed by atoms with Gasteiger partial charge in [-0.3, -0.25) is 4.98 Å². The Balaban J connectivity index is 2.03. The monoisotopic (exact) mass is 334 g/mol. The van der Waals surface area contributed by atoms with Crippen LogP contribution in [-0.2, 0) is 0 Å². The average Bonchev–Trinajstić information content (AvgIpc) is 2.54. The molecule has 0 N–H and O–H groups in total. The second-order valence-electron chi connectivity index (χ2n) is 4.16. The summed E-state index contributed by atoms with van der Waals surface area (Å²) in [6.45, 7) is 0. The van der Waals surface area contributed by atoms with Gasteiger partial charge in [-0.25, -0.2) is 0 Å². The van der Waals surface area contributed by atoms with Crippen molar-refractivity contribution in [1.82, 2.24) is 19.9 Å². The third-order valence-electron chi connectivity index (χ3n) is 2.81. The number of nitrogens with zero attached hydrogens (tertiary/aromatic N) is 4. The molecule has 2 aromatic heterocycles. The van der Waals surface area contributed by atoms with E-state index in [9.17, 15) is 0 Å². The molecule has 0 aliphatic rings. The molecule has 0 aliphatic heterocycles. The van der Waals surface area contributed by atoms with E-state index in [1.807, 2.05) is 24.3 Å². The van der Waals surface area contributed by atoms with Crippen molar-refractivity contribution < 1.29 is 9.47 Å². The van der Waals surface area contributed by atoms with E-state index in [2.05, 4.69) is 19.9 Å². The van der Waals surface area contributed by atoms with Crippen LogP contribution in [0.15, 0.2) is 40.5 Å². The maximum absolute atomic E-state index is 6.00. The van der Waals surface area contributed by atoms with Gasteiger partial charge in [-0.2, -0.15) is 9.97 Å². The van der Waals surface area contributed by atoms with Crippen LogP contribution in [0.5, 0.6) is 12.0 Å². The Hall–Kier alpha value is -2.12. The Labute approximate surface area is 135 Å². The SMILES string of the molecule is COc1nc(OC)nc(Sc2ccnc3cc(Cl)ccc23)n1. The number of halogens is 1. The first-order chi connectivity index (χ1) is 10.7. The highest BCUT2D eigenvalue weighted by molar-refractivity contribution is 7.99. The lowest BCUT2D eigenvalue weighted by atomic mass is 10.2. The standard InChI is InChI=1S/C14H11ClN4O2S/c1-20-12-17-13(21-2)19-14(18-12)22-11-5-6-16-10-7-8(15)3-4-9(10)11/h3-7H,1-2H3. The van der Waals surface area contributed by atoms with Crippen LogP contribution in [0.2, 0.25) is 5.02 Å². The summed E-state index contributed by atoms with van der Waals surface area (Å²) in [6.07, 6.45) is 1.72. The molecular formula is C14H11ClN4O2S. The molecule has 0 spiro atoms. The van der Waals surface area contributed by atoms with Crippen LogP contribution in [-0.4, -0.2) is 34.2 Å². The molecule has 0 atom stereocenters. The summed E-state index contributed by atoms with van der Waals surface area (Å²) < 4.78 is 10.1. The van der Waals surface area contributed by atoms with E-state index in [1.54, 1.807) is 6.20 Å². The fourth-order valence-corrected chi connectivity index (χ4v) is 2.85. The molecule has 0 saturated heterocycles. The fourth-order valence-electron chi connectivity index (χ4n) is 1.83. The van der Waals surface area contributed by atoms with Crippen LogP contribution >= 0.6 is 23.4 Å². The van der Waals surface area contributed by atoms with Crippen molar-refractivity contribution in [2.75, 3.05) is 14.2 Å². The van der Waals surface area contributed by atoms with Crippen LogP contribution < -0.4 is 9.47 Å². The predicted octanol–water partition coefficient (Wildman–Crippen LogP) is 3.24. The number of methoxy groups -OCH3 is 2. The summed E-state index contributed by atoms with van der Waals surface area (Å²) in [4.78, 5) is 17.7. The molecule has 0 saturated carbocycles. The Kier molecular flexibility index (Phi) is 4.26. The highest BCUT2D eigenvalue weighted by Gasteiger charge is 2.11. The second-order valence-corrected chi connectivity index (χ2v) is 5.61. The summed E-state index contributed by atoms with van der Waals surface area (Å²) in [5.74, 6) is 0. The zero-order valence-corrected chi connectivity index (χ0v) is 13.4. The molecule has 0 unspecified atom stereocenters. The number of rotatable bonds is 4. The minimum Gasteiger partial charge on any atom is -0.467 e. The lowest BCUT2D eigenvalue weighted by molar-refractivity contribution is 0.332. The van der Waals surface area contributed by atoms with E-state index in [0.717, 1.165) is 15.8 Å². The van der Waals surface area contributed by atoms with E-state index >= 15 is 0 Å². The fraction of sp³-hybridized carbons (Fsp3) is 0.143. The molecule has 8 heteroatoms. The largest absolute Gasteiger partial charge is 0.467 e. The van der Waals surface area contributed by atoms with Gasteiger partial charge < -0.3 is 9.47 Å². The quantitative estimate of drug-likeness (QED) is 0.725. The molecular weight excluding hydrogens is 324 g/mol. The van der Waals surface area contributed by atoms with Crippen molar-refractivity contribution in [1.29, 1.82) is 0 Å². The Morgan fingerprint density at radius 3 is 2.41 bits per heavy atom. The van der Waals surface area contributed by atoms with E-state index in [0.29, 0.717) is 10.2 Å². The molecule has 3 rings (SSSR count). The number of fused-ring (bicyclic) bond motifs is 1. The van der Waals surface area contributed by atoms with Crippen molar-refractivity contribution >= 4 is 34.3 Å². The van der Waals surface area contributed by atoms with E-state index in [4.69, 9.17) is 21.1 Å². The second kappa shape index (κ2) is 6.33. The summed E-state index contributed by atoms with van der Waals surface area (Å²) in [5.41, 5.74) is 0.811. The molecule has 112 valence electrons. The van der Waals surface area contributed by atoms with Crippen molar-refractivity contribution in [3.05, 3.63) is 35.5 Å². The first-order valence-corrected chi connectivity index (χ1v) is 7.45.